The zero-order valence-electron chi connectivity index (χ0n) is 24.6. The number of urea groups is 1. The van der Waals surface area contributed by atoms with E-state index in [0.717, 1.165) is 72.1 Å². The minimum atomic E-state index is -0.280. The highest BCUT2D eigenvalue weighted by atomic mass is 16.5. The van der Waals surface area contributed by atoms with E-state index in [2.05, 4.69) is 54.6 Å². The first-order valence-corrected chi connectivity index (χ1v) is 14.7. The van der Waals surface area contributed by atoms with Crippen molar-refractivity contribution in [2.75, 3.05) is 48.7 Å². The predicted molar refractivity (Wildman–Crippen MR) is 173 cm³/mol. The molecule has 222 valence electrons. The molecule has 0 bridgehead atoms. The van der Waals surface area contributed by atoms with Crippen molar-refractivity contribution in [3.8, 4) is 17.1 Å². The number of para-hydroxylation sites is 1. The number of hydrogen-bond donors (Lipinski definition) is 4. The van der Waals surface area contributed by atoms with E-state index >= 15 is 0 Å². The number of carbonyl (C=O) groups excluding carboxylic acids is 1. The third kappa shape index (κ3) is 8.30. The van der Waals surface area contributed by atoms with Crippen LogP contribution in [0.25, 0.3) is 22.6 Å². The summed E-state index contributed by atoms with van der Waals surface area (Å²) < 4.78 is 5.93. The highest BCUT2D eigenvalue weighted by Crippen LogP contribution is 2.25. The van der Waals surface area contributed by atoms with E-state index in [4.69, 9.17) is 4.74 Å². The number of nitrogens with one attached hydrogen (secondary N) is 4. The van der Waals surface area contributed by atoms with Crippen molar-refractivity contribution in [2.45, 2.75) is 26.7 Å². The molecular formula is C33H38N8O2. The molecule has 0 unspecified atom stereocenters. The normalized spacial score (nSPS) is 11.0. The third-order valence-electron chi connectivity index (χ3n) is 7.15. The largest absolute Gasteiger partial charge is 0.494 e. The summed E-state index contributed by atoms with van der Waals surface area (Å²) in [7, 11) is 0. The van der Waals surface area contributed by atoms with Gasteiger partial charge >= 0.3 is 6.03 Å². The Morgan fingerprint density at radius 3 is 2.33 bits per heavy atom. The van der Waals surface area contributed by atoms with Crippen LogP contribution in [0.3, 0.4) is 0 Å². The Balaban J connectivity index is 1.12. The summed E-state index contributed by atoms with van der Waals surface area (Å²) >= 11 is 0. The number of nitrogens with zero attached hydrogens (tertiary/aromatic N) is 4. The van der Waals surface area contributed by atoms with E-state index in [1.807, 2.05) is 78.9 Å². The van der Waals surface area contributed by atoms with Crippen molar-refractivity contribution in [3.05, 3.63) is 90.8 Å². The maximum absolute atomic E-state index is 12.2. The molecule has 0 spiro atoms. The molecule has 0 fully saturated rings. The van der Waals surface area contributed by atoms with E-state index < -0.39 is 0 Å². The summed E-state index contributed by atoms with van der Waals surface area (Å²) in [6.45, 7) is 8.90. The Bertz CT molecular complexity index is 1580. The highest BCUT2D eigenvalue weighted by Gasteiger charge is 2.11. The lowest BCUT2D eigenvalue weighted by Crippen LogP contribution is -2.25. The number of anilines is 3. The average Bonchev–Trinajstić information content (AvgIpc) is 3.48. The van der Waals surface area contributed by atoms with Crippen molar-refractivity contribution in [1.82, 2.24) is 24.8 Å². The molecule has 4 N–H and O–H groups in total. The SMILES string of the molecule is CCN(CC)CCCOc1ccc(-c2nc3ncnc(NCCc4ccc(NC(=O)Nc5ccccc5)cc4)c3[nH]2)cc1. The summed E-state index contributed by atoms with van der Waals surface area (Å²) in [6, 6.07) is 24.8. The molecule has 2 amide bonds. The first kappa shape index (κ1) is 29.5. The van der Waals surface area contributed by atoms with Gasteiger partial charge in [0.1, 0.15) is 23.4 Å². The third-order valence-corrected chi connectivity index (χ3v) is 7.15. The number of aromatic nitrogens is 4. The Morgan fingerprint density at radius 2 is 1.60 bits per heavy atom. The molecule has 10 heteroatoms. The summed E-state index contributed by atoms with van der Waals surface area (Å²) in [5.41, 5.74) is 4.91. The van der Waals surface area contributed by atoms with Crippen LogP contribution < -0.4 is 20.7 Å². The molecule has 0 radical (unpaired) electrons. The van der Waals surface area contributed by atoms with Gasteiger partial charge in [0.15, 0.2) is 11.5 Å². The van der Waals surface area contributed by atoms with Gasteiger partial charge in [0.05, 0.1) is 6.61 Å². The first-order valence-electron chi connectivity index (χ1n) is 14.7. The topological polar surface area (TPSA) is 120 Å². The van der Waals surface area contributed by atoms with Gasteiger partial charge in [0.2, 0.25) is 0 Å². The van der Waals surface area contributed by atoms with Crippen LogP contribution >= 0.6 is 0 Å². The lowest BCUT2D eigenvalue weighted by atomic mass is 10.1. The molecule has 2 heterocycles. The van der Waals surface area contributed by atoms with E-state index in [1.165, 1.54) is 6.33 Å². The summed E-state index contributed by atoms with van der Waals surface area (Å²) in [6.07, 6.45) is 3.29. The molecule has 2 aromatic heterocycles. The Hall–Kier alpha value is -4.96. The molecular weight excluding hydrogens is 540 g/mol. The van der Waals surface area contributed by atoms with Crippen LogP contribution in [-0.4, -0.2) is 63.7 Å². The summed E-state index contributed by atoms with van der Waals surface area (Å²) in [5, 5.41) is 9.07. The van der Waals surface area contributed by atoms with Crippen LogP contribution in [0.5, 0.6) is 5.75 Å². The maximum Gasteiger partial charge on any atom is 0.323 e. The smallest absolute Gasteiger partial charge is 0.323 e. The van der Waals surface area contributed by atoms with E-state index in [-0.39, 0.29) is 6.03 Å². The van der Waals surface area contributed by atoms with Crippen molar-refractivity contribution in [1.29, 1.82) is 0 Å². The Kier molecular flexibility index (Phi) is 10.2. The minimum Gasteiger partial charge on any atom is -0.494 e. The second kappa shape index (κ2) is 14.8. The monoisotopic (exact) mass is 578 g/mol. The number of imidazole rings is 1. The molecule has 0 aliphatic carbocycles. The van der Waals surface area contributed by atoms with Gasteiger partial charge in [-0.15, -0.1) is 0 Å². The summed E-state index contributed by atoms with van der Waals surface area (Å²) in [4.78, 5) is 31.5. The molecule has 3 aromatic carbocycles. The van der Waals surface area contributed by atoms with Gasteiger partial charge in [0.25, 0.3) is 0 Å². The van der Waals surface area contributed by atoms with Crippen molar-refractivity contribution < 1.29 is 9.53 Å². The van der Waals surface area contributed by atoms with E-state index in [1.54, 1.807) is 0 Å². The van der Waals surface area contributed by atoms with Crippen LogP contribution in [0.2, 0.25) is 0 Å². The van der Waals surface area contributed by atoms with Crippen LogP contribution in [0.1, 0.15) is 25.8 Å². The highest BCUT2D eigenvalue weighted by molar-refractivity contribution is 5.99. The van der Waals surface area contributed by atoms with E-state index in [9.17, 15) is 4.79 Å². The fourth-order valence-electron chi connectivity index (χ4n) is 4.72. The number of ether oxygens (including phenoxy) is 1. The Morgan fingerprint density at radius 1 is 0.884 bits per heavy atom. The molecule has 0 saturated carbocycles. The van der Waals surface area contributed by atoms with Gasteiger partial charge in [-0.3, -0.25) is 0 Å². The van der Waals surface area contributed by atoms with Gasteiger partial charge in [-0.1, -0.05) is 44.2 Å². The van der Waals surface area contributed by atoms with Crippen molar-refractivity contribution in [3.63, 3.8) is 0 Å². The molecule has 5 rings (SSSR count). The maximum atomic E-state index is 12.2. The fourth-order valence-corrected chi connectivity index (χ4v) is 4.72. The van der Waals surface area contributed by atoms with E-state index in [0.29, 0.717) is 24.6 Å². The van der Waals surface area contributed by atoms with Crippen molar-refractivity contribution >= 4 is 34.4 Å². The number of amides is 2. The lowest BCUT2D eigenvalue weighted by Gasteiger charge is -2.17. The molecule has 0 aliphatic heterocycles. The van der Waals surface area contributed by atoms with Gasteiger partial charge in [-0.05, 0) is 80.0 Å². The number of aromatic amines is 1. The minimum absolute atomic E-state index is 0.280. The number of hydrogen-bond acceptors (Lipinski definition) is 7. The number of H-pyrrole nitrogens is 1. The molecule has 43 heavy (non-hydrogen) atoms. The number of rotatable bonds is 14. The quantitative estimate of drug-likeness (QED) is 0.112. The number of benzene rings is 3. The van der Waals surface area contributed by atoms with Gasteiger partial charge < -0.3 is 30.6 Å². The van der Waals surface area contributed by atoms with Gasteiger partial charge in [-0.2, -0.15) is 0 Å². The molecule has 0 saturated heterocycles. The molecule has 5 aromatic rings. The molecule has 0 atom stereocenters. The fraction of sp³-hybridized carbons (Fsp3) is 0.273. The Labute approximate surface area is 251 Å². The van der Waals surface area contributed by atoms with Gasteiger partial charge in [-0.25, -0.2) is 19.7 Å². The predicted octanol–water partition coefficient (Wildman–Crippen LogP) is 6.43. The number of fused-ring (bicyclic) bond motifs is 1. The standard InChI is InChI=1S/C33H38N8O2/c1-3-41(4-2)21-8-22-43-28-17-13-25(14-18-28)30-39-29-31(35-23-36-32(29)40-30)34-20-19-24-11-15-27(16-12-24)38-33(42)37-26-9-6-5-7-10-26/h5-7,9-18,23H,3-4,8,19-22H2,1-2H3,(H2,37,38,42)(H2,34,35,36,39,40). The van der Waals surface area contributed by atoms with Crippen LogP contribution in [0.4, 0.5) is 22.0 Å². The second-order valence-electron chi connectivity index (χ2n) is 10.1. The van der Waals surface area contributed by atoms with Crippen LogP contribution in [-0.2, 0) is 6.42 Å². The average molecular weight is 579 g/mol. The summed E-state index contributed by atoms with van der Waals surface area (Å²) in [5.74, 6) is 2.28. The van der Waals surface area contributed by atoms with Crippen LogP contribution in [0.15, 0.2) is 85.2 Å². The molecule has 0 aliphatic rings. The number of carbonyl (C=O) groups is 1. The van der Waals surface area contributed by atoms with Gasteiger partial charge in [0, 0.05) is 30.0 Å². The zero-order valence-corrected chi connectivity index (χ0v) is 24.6. The zero-order chi connectivity index (χ0) is 29.9. The first-order chi connectivity index (χ1) is 21.1. The second-order valence-corrected chi connectivity index (χ2v) is 10.1. The van der Waals surface area contributed by atoms with Crippen molar-refractivity contribution in [2.24, 2.45) is 0 Å². The molecule has 10 nitrogen and oxygen atoms in total. The lowest BCUT2D eigenvalue weighted by molar-refractivity contribution is 0.249. The van der Waals surface area contributed by atoms with Crippen LogP contribution in [0, 0.1) is 0 Å².